The van der Waals surface area contributed by atoms with Crippen LogP contribution >= 0.6 is 0 Å². The highest BCUT2D eigenvalue weighted by molar-refractivity contribution is 5.79. The number of para-hydroxylation sites is 1. The standard InChI is InChI=1S/C17H26N2/c1-3-4-8-15(2)18-12-7-13-19-14-11-16-9-5-6-10-17(16)19/h5-6,9-11,14-15,18H,3-4,7-8,12-13H2,1-2H3. The highest BCUT2D eigenvalue weighted by atomic mass is 15.0. The van der Waals surface area contributed by atoms with Crippen molar-refractivity contribution in [3.8, 4) is 0 Å². The fraction of sp³-hybridized carbons (Fsp3) is 0.529. The Morgan fingerprint density at radius 2 is 2.00 bits per heavy atom. The van der Waals surface area contributed by atoms with E-state index in [1.54, 1.807) is 0 Å². The Morgan fingerprint density at radius 1 is 1.16 bits per heavy atom. The lowest BCUT2D eigenvalue weighted by atomic mass is 10.1. The fourth-order valence-corrected chi connectivity index (χ4v) is 2.55. The van der Waals surface area contributed by atoms with E-state index in [0.29, 0.717) is 6.04 Å². The molecule has 1 unspecified atom stereocenters. The third-order valence-electron chi connectivity index (χ3n) is 3.74. The predicted molar refractivity (Wildman–Crippen MR) is 83.5 cm³/mol. The Bertz CT molecular complexity index is 487. The molecule has 1 aromatic heterocycles. The molecule has 2 rings (SSSR count). The van der Waals surface area contributed by atoms with Crippen molar-refractivity contribution in [2.75, 3.05) is 6.54 Å². The quantitative estimate of drug-likeness (QED) is 0.702. The van der Waals surface area contributed by atoms with Crippen molar-refractivity contribution < 1.29 is 0 Å². The predicted octanol–water partition coefficient (Wildman–Crippen LogP) is 4.20. The Hall–Kier alpha value is -1.28. The van der Waals surface area contributed by atoms with Crippen LogP contribution in [-0.4, -0.2) is 17.2 Å². The third-order valence-corrected chi connectivity index (χ3v) is 3.74. The van der Waals surface area contributed by atoms with Crippen LogP contribution in [-0.2, 0) is 6.54 Å². The number of fused-ring (bicyclic) bond motifs is 1. The maximum absolute atomic E-state index is 3.61. The third kappa shape index (κ3) is 4.10. The molecule has 0 fully saturated rings. The molecule has 19 heavy (non-hydrogen) atoms. The normalized spacial score (nSPS) is 12.9. The summed E-state index contributed by atoms with van der Waals surface area (Å²) in [6.45, 7) is 6.75. The van der Waals surface area contributed by atoms with Crippen LogP contribution in [0.3, 0.4) is 0 Å². The van der Waals surface area contributed by atoms with E-state index in [-0.39, 0.29) is 0 Å². The molecule has 1 atom stereocenters. The van der Waals surface area contributed by atoms with Crippen molar-refractivity contribution in [3.05, 3.63) is 36.5 Å². The van der Waals surface area contributed by atoms with Gasteiger partial charge in [-0.1, -0.05) is 38.0 Å². The molecule has 0 aliphatic carbocycles. The monoisotopic (exact) mass is 258 g/mol. The summed E-state index contributed by atoms with van der Waals surface area (Å²) in [5.74, 6) is 0. The molecular weight excluding hydrogens is 232 g/mol. The highest BCUT2D eigenvalue weighted by Crippen LogP contribution is 2.15. The number of aryl methyl sites for hydroxylation is 1. The van der Waals surface area contributed by atoms with Gasteiger partial charge in [-0.25, -0.2) is 0 Å². The van der Waals surface area contributed by atoms with Crippen LogP contribution in [0.2, 0.25) is 0 Å². The average Bonchev–Trinajstić information content (AvgIpc) is 2.85. The van der Waals surface area contributed by atoms with E-state index in [1.807, 2.05) is 0 Å². The van der Waals surface area contributed by atoms with E-state index in [4.69, 9.17) is 0 Å². The maximum atomic E-state index is 3.61. The molecule has 1 aromatic carbocycles. The van der Waals surface area contributed by atoms with Gasteiger partial charge < -0.3 is 9.88 Å². The second kappa shape index (κ2) is 7.34. The van der Waals surface area contributed by atoms with Crippen molar-refractivity contribution in [2.45, 2.75) is 52.1 Å². The van der Waals surface area contributed by atoms with E-state index in [9.17, 15) is 0 Å². The second-order valence-electron chi connectivity index (χ2n) is 5.42. The molecule has 1 heterocycles. The maximum Gasteiger partial charge on any atom is 0.0480 e. The zero-order chi connectivity index (χ0) is 13.5. The summed E-state index contributed by atoms with van der Waals surface area (Å²) < 4.78 is 2.35. The summed E-state index contributed by atoms with van der Waals surface area (Å²) in [5, 5.41) is 4.95. The van der Waals surface area contributed by atoms with Crippen LogP contribution in [0, 0.1) is 0 Å². The lowest BCUT2D eigenvalue weighted by Crippen LogP contribution is -2.27. The van der Waals surface area contributed by atoms with Crippen molar-refractivity contribution in [3.63, 3.8) is 0 Å². The van der Waals surface area contributed by atoms with Gasteiger partial charge in [0.2, 0.25) is 0 Å². The Morgan fingerprint density at radius 3 is 2.84 bits per heavy atom. The molecule has 0 amide bonds. The SMILES string of the molecule is CCCCC(C)NCCCn1ccc2ccccc21. The van der Waals surface area contributed by atoms with Gasteiger partial charge in [0.15, 0.2) is 0 Å². The number of nitrogens with one attached hydrogen (secondary N) is 1. The van der Waals surface area contributed by atoms with Crippen molar-refractivity contribution >= 4 is 10.9 Å². The van der Waals surface area contributed by atoms with Gasteiger partial charge in [0.1, 0.15) is 0 Å². The number of benzene rings is 1. The van der Waals surface area contributed by atoms with E-state index >= 15 is 0 Å². The first-order chi connectivity index (χ1) is 9.31. The number of rotatable bonds is 8. The summed E-state index contributed by atoms with van der Waals surface area (Å²) in [5.41, 5.74) is 1.35. The number of hydrogen-bond donors (Lipinski definition) is 1. The van der Waals surface area contributed by atoms with Gasteiger partial charge in [0.25, 0.3) is 0 Å². The van der Waals surface area contributed by atoms with Gasteiger partial charge in [-0.3, -0.25) is 0 Å². The molecule has 2 nitrogen and oxygen atoms in total. The molecule has 0 spiro atoms. The first kappa shape index (κ1) is 14.1. The van der Waals surface area contributed by atoms with Crippen molar-refractivity contribution in [1.29, 1.82) is 0 Å². The largest absolute Gasteiger partial charge is 0.347 e. The minimum atomic E-state index is 0.654. The Labute approximate surface area is 116 Å². The highest BCUT2D eigenvalue weighted by Gasteiger charge is 2.01. The molecule has 2 aromatic rings. The number of nitrogens with zero attached hydrogens (tertiary/aromatic N) is 1. The number of aromatic nitrogens is 1. The van der Waals surface area contributed by atoms with Gasteiger partial charge in [-0.05, 0) is 43.8 Å². The summed E-state index contributed by atoms with van der Waals surface area (Å²) in [6, 6.07) is 11.4. The van der Waals surface area contributed by atoms with Crippen LogP contribution in [0.1, 0.15) is 39.5 Å². The lowest BCUT2D eigenvalue weighted by Gasteiger charge is -2.13. The minimum Gasteiger partial charge on any atom is -0.347 e. The fourth-order valence-electron chi connectivity index (χ4n) is 2.55. The van der Waals surface area contributed by atoms with Crippen LogP contribution in [0.4, 0.5) is 0 Å². The van der Waals surface area contributed by atoms with Gasteiger partial charge in [0.05, 0.1) is 0 Å². The summed E-state index contributed by atoms with van der Waals surface area (Å²) in [4.78, 5) is 0. The van der Waals surface area contributed by atoms with Crippen LogP contribution in [0.15, 0.2) is 36.5 Å². The van der Waals surface area contributed by atoms with Crippen molar-refractivity contribution in [2.24, 2.45) is 0 Å². The molecule has 0 saturated heterocycles. The van der Waals surface area contributed by atoms with Gasteiger partial charge in [0, 0.05) is 24.3 Å². The van der Waals surface area contributed by atoms with Gasteiger partial charge >= 0.3 is 0 Å². The molecule has 1 N–H and O–H groups in total. The average molecular weight is 258 g/mol. The number of hydrogen-bond acceptors (Lipinski definition) is 1. The van der Waals surface area contributed by atoms with E-state index in [1.165, 1.54) is 36.6 Å². The Kier molecular flexibility index (Phi) is 5.46. The zero-order valence-corrected chi connectivity index (χ0v) is 12.2. The van der Waals surface area contributed by atoms with Gasteiger partial charge in [-0.15, -0.1) is 0 Å². The topological polar surface area (TPSA) is 17.0 Å². The molecule has 0 saturated carbocycles. The zero-order valence-electron chi connectivity index (χ0n) is 12.2. The molecule has 104 valence electrons. The van der Waals surface area contributed by atoms with E-state index < -0.39 is 0 Å². The minimum absolute atomic E-state index is 0.654. The molecule has 2 heteroatoms. The summed E-state index contributed by atoms with van der Waals surface area (Å²) >= 11 is 0. The molecule has 0 aliphatic heterocycles. The van der Waals surface area contributed by atoms with E-state index in [0.717, 1.165) is 13.1 Å². The number of unbranched alkanes of at least 4 members (excludes halogenated alkanes) is 1. The summed E-state index contributed by atoms with van der Waals surface area (Å²) in [7, 11) is 0. The van der Waals surface area contributed by atoms with Crippen molar-refractivity contribution in [1.82, 2.24) is 9.88 Å². The summed E-state index contributed by atoms with van der Waals surface area (Å²) in [6.07, 6.45) is 7.31. The smallest absolute Gasteiger partial charge is 0.0480 e. The first-order valence-electron chi connectivity index (χ1n) is 7.58. The van der Waals surface area contributed by atoms with Gasteiger partial charge in [-0.2, -0.15) is 0 Å². The molecule has 0 bridgehead atoms. The second-order valence-corrected chi connectivity index (χ2v) is 5.42. The molecular formula is C17H26N2. The Balaban J connectivity index is 1.74. The molecule has 0 radical (unpaired) electrons. The van der Waals surface area contributed by atoms with E-state index in [2.05, 4.69) is 60.3 Å². The lowest BCUT2D eigenvalue weighted by molar-refractivity contribution is 0.478. The first-order valence-corrected chi connectivity index (χ1v) is 7.58. The molecule has 0 aliphatic rings. The van der Waals surface area contributed by atoms with Crippen LogP contribution in [0.5, 0.6) is 0 Å². The van der Waals surface area contributed by atoms with Crippen LogP contribution < -0.4 is 5.32 Å². The van der Waals surface area contributed by atoms with Crippen LogP contribution in [0.25, 0.3) is 10.9 Å².